The molecule has 1 fully saturated rings. The van der Waals surface area contributed by atoms with E-state index < -0.39 is 11.6 Å². The molecule has 0 radical (unpaired) electrons. The summed E-state index contributed by atoms with van der Waals surface area (Å²) in [6.07, 6.45) is 3.66. The monoisotopic (exact) mass is 320 g/mol. The third-order valence-corrected chi connectivity index (χ3v) is 4.11. The number of rotatable bonds is 4. The fraction of sp³-hybridized carbons (Fsp3) is 0.375. The molecule has 3 rings (SSSR count). The molecule has 7 heteroatoms. The lowest BCUT2D eigenvalue weighted by atomic mass is 10.1. The van der Waals surface area contributed by atoms with Crippen LogP contribution in [0.1, 0.15) is 24.6 Å². The number of nitrogens with one attached hydrogen (secondary N) is 1. The van der Waals surface area contributed by atoms with Crippen molar-refractivity contribution in [3.63, 3.8) is 0 Å². The Morgan fingerprint density at radius 3 is 2.96 bits per heavy atom. The standard InChI is InChI=1S/C16H18F2N4O/c1-21-14(6-7-19-21)15-3-2-8-22(15)10-16(23)20-13-9-11(17)4-5-12(13)18/h4-7,9,15H,2-3,8,10H2,1H3,(H,20,23)/t15-/m0/s1. The minimum atomic E-state index is -0.649. The summed E-state index contributed by atoms with van der Waals surface area (Å²) < 4.78 is 28.5. The molecule has 122 valence electrons. The Balaban J connectivity index is 1.67. The van der Waals surface area contributed by atoms with Gasteiger partial charge in [-0.15, -0.1) is 0 Å². The Labute approximate surface area is 132 Å². The maximum atomic E-state index is 13.6. The van der Waals surface area contributed by atoms with E-state index in [-0.39, 0.29) is 24.2 Å². The lowest BCUT2D eigenvalue weighted by Gasteiger charge is -2.24. The van der Waals surface area contributed by atoms with Crippen LogP contribution in [0.2, 0.25) is 0 Å². The molecule has 1 aromatic carbocycles. The Morgan fingerprint density at radius 2 is 2.22 bits per heavy atom. The van der Waals surface area contributed by atoms with Gasteiger partial charge in [-0.3, -0.25) is 14.4 Å². The molecule has 1 amide bonds. The number of halogens is 2. The molecule has 1 aliphatic rings. The van der Waals surface area contributed by atoms with Gasteiger partial charge in [-0.2, -0.15) is 5.10 Å². The molecule has 2 aromatic rings. The van der Waals surface area contributed by atoms with Gasteiger partial charge in [0.2, 0.25) is 5.91 Å². The van der Waals surface area contributed by atoms with Crippen molar-refractivity contribution in [2.24, 2.45) is 7.05 Å². The van der Waals surface area contributed by atoms with E-state index in [4.69, 9.17) is 0 Å². The van der Waals surface area contributed by atoms with Crippen LogP contribution in [0.15, 0.2) is 30.5 Å². The summed E-state index contributed by atoms with van der Waals surface area (Å²) in [5.74, 6) is -1.59. The van der Waals surface area contributed by atoms with Gasteiger partial charge in [-0.25, -0.2) is 8.78 Å². The number of benzene rings is 1. The van der Waals surface area contributed by atoms with E-state index in [0.29, 0.717) is 0 Å². The van der Waals surface area contributed by atoms with Crippen molar-refractivity contribution < 1.29 is 13.6 Å². The van der Waals surface area contributed by atoms with Gasteiger partial charge in [0.05, 0.1) is 24.0 Å². The molecule has 1 aromatic heterocycles. The summed E-state index contributed by atoms with van der Waals surface area (Å²) in [6, 6.07) is 5.05. The first-order chi connectivity index (χ1) is 11.0. The number of amides is 1. The highest BCUT2D eigenvalue weighted by Crippen LogP contribution is 2.31. The van der Waals surface area contributed by atoms with Crippen LogP contribution in [0, 0.1) is 11.6 Å². The Bertz CT molecular complexity index is 716. The average Bonchev–Trinajstić information content (AvgIpc) is 3.11. The molecule has 0 unspecified atom stereocenters. The topological polar surface area (TPSA) is 50.2 Å². The Morgan fingerprint density at radius 1 is 1.39 bits per heavy atom. The van der Waals surface area contributed by atoms with Crippen molar-refractivity contribution in [2.75, 3.05) is 18.4 Å². The molecule has 23 heavy (non-hydrogen) atoms. The molecule has 1 aliphatic heterocycles. The lowest BCUT2D eigenvalue weighted by molar-refractivity contribution is -0.117. The van der Waals surface area contributed by atoms with Gasteiger partial charge >= 0.3 is 0 Å². The first kappa shape index (κ1) is 15.6. The third-order valence-electron chi connectivity index (χ3n) is 4.11. The molecular formula is C16H18F2N4O. The van der Waals surface area contributed by atoms with Crippen LogP contribution in [0.5, 0.6) is 0 Å². The third kappa shape index (κ3) is 3.39. The van der Waals surface area contributed by atoms with E-state index in [1.54, 1.807) is 10.9 Å². The first-order valence-corrected chi connectivity index (χ1v) is 7.51. The molecule has 5 nitrogen and oxygen atoms in total. The van der Waals surface area contributed by atoms with Crippen molar-refractivity contribution in [2.45, 2.75) is 18.9 Å². The molecule has 0 aliphatic carbocycles. The number of carbonyl (C=O) groups is 1. The molecule has 0 saturated carbocycles. The normalized spacial score (nSPS) is 18.3. The van der Waals surface area contributed by atoms with Gasteiger partial charge in [0.15, 0.2) is 0 Å². The summed E-state index contributed by atoms with van der Waals surface area (Å²) in [6.45, 7) is 0.917. The average molecular weight is 320 g/mol. The maximum Gasteiger partial charge on any atom is 0.238 e. The highest BCUT2D eigenvalue weighted by molar-refractivity contribution is 5.92. The zero-order chi connectivity index (χ0) is 16.4. The van der Waals surface area contributed by atoms with Gasteiger partial charge in [0, 0.05) is 19.3 Å². The number of anilines is 1. The molecule has 1 N–H and O–H groups in total. The number of aryl methyl sites for hydroxylation is 1. The quantitative estimate of drug-likeness (QED) is 0.941. The van der Waals surface area contributed by atoms with Crippen LogP contribution in [-0.2, 0) is 11.8 Å². The van der Waals surface area contributed by atoms with Gasteiger partial charge in [-0.05, 0) is 37.6 Å². The lowest BCUT2D eigenvalue weighted by Crippen LogP contribution is -2.33. The van der Waals surface area contributed by atoms with Crippen molar-refractivity contribution in [1.29, 1.82) is 0 Å². The zero-order valence-electron chi connectivity index (χ0n) is 12.8. The van der Waals surface area contributed by atoms with Crippen LogP contribution in [-0.4, -0.2) is 33.7 Å². The second-order valence-electron chi connectivity index (χ2n) is 5.68. The van der Waals surface area contributed by atoms with Crippen LogP contribution in [0.25, 0.3) is 0 Å². The van der Waals surface area contributed by atoms with Crippen LogP contribution in [0.4, 0.5) is 14.5 Å². The number of hydrogen-bond acceptors (Lipinski definition) is 3. The molecule has 1 atom stereocenters. The molecular weight excluding hydrogens is 302 g/mol. The van der Waals surface area contributed by atoms with Gasteiger partial charge in [-0.1, -0.05) is 0 Å². The zero-order valence-corrected chi connectivity index (χ0v) is 12.8. The number of likely N-dealkylation sites (tertiary alicyclic amines) is 1. The second-order valence-corrected chi connectivity index (χ2v) is 5.68. The van der Waals surface area contributed by atoms with E-state index in [0.717, 1.165) is 43.3 Å². The summed E-state index contributed by atoms with van der Waals surface area (Å²) in [5, 5.41) is 6.60. The van der Waals surface area contributed by atoms with Crippen molar-refractivity contribution in [3.05, 3.63) is 47.8 Å². The van der Waals surface area contributed by atoms with E-state index in [2.05, 4.69) is 10.4 Å². The second kappa shape index (κ2) is 6.45. The minimum Gasteiger partial charge on any atom is -0.322 e. The number of nitrogens with zero attached hydrogens (tertiary/aromatic N) is 3. The Hall–Kier alpha value is -2.28. The van der Waals surface area contributed by atoms with E-state index >= 15 is 0 Å². The molecule has 0 spiro atoms. The Kier molecular flexibility index (Phi) is 4.38. The van der Waals surface area contributed by atoms with Gasteiger partial charge < -0.3 is 5.32 Å². The largest absolute Gasteiger partial charge is 0.322 e. The molecule has 2 heterocycles. The summed E-state index contributed by atoms with van der Waals surface area (Å²) >= 11 is 0. The maximum absolute atomic E-state index is 13.6. The minimum absolute atomic E-state index is 0.116. The van der Waals surface area contributed by atoms with Gasteiger partial charge in [0.25, 0.3) is 0 Å². The van der Waals surface area contributed by atoms with Crippen molar-refractivity contribution in [3.8, 4) is 0 Å². The van der Waals surface area contributed by atoms with E-state index in [1.807, 2.05) is 18.0 Å². The predicted octanol–water partition coefficient (Wildman–Crippen LogP) is 2.47. The van der Waals surface area contributed by atoms with Gasteiger partial charge in [0.1, 0.15) is 11.6 Å². The highest BCUT2D eigenvalue weighted by atomic mass is 19.1. The fourth-order valence-electron chi connectivity index (χ4n) is 3.03. The molecule has 0 bridgehead atoms. The predicted molar refractivity (Wildman–Crippen MR) is 81.7 cm³/mol. The van der Waals surface area contributed by atoms with E-state index in [1.165, 1.54) is 0 Å². The van der Waals surface area contributed by atoms with Crippen LogP contribution >= 0.6 is 0 Å². The number of aromatic nitrogens is 2. The van der Waals surface area contributed by atoms with E-state index in [9.17, 15) is 13.6 Å². The van der Waals surface area contributed by atoms with Crippen LogP contribution in [0.3, 0.4) is 0 Å². The summed E-state index contributed by atoms with van der Waals surface area (Å²) in [5.41, 5.74) is 0.915. The van der Waals surface area contributed by atoms with Crippen LogP contribution < -0.4 is 5.32 Å². The molecule has 1 saturated heterocycles. The SMILES string of the molecule is Cn1nccc1[C@@H]1CCCN1CC(=O)Nc1cc(F)ccc1F. The number of carbonyl (C=O) groups excluding carboxylic acids is 1. The summed E-state index contributed by atoms with van der Waals surface area (Å²) in [7, 11) is 1.87. The highest BCUT2D eigenvalue weighted by Gasteiger charge is 2.29. The first-order valence-electron chi connectivity index (χ1n) is 7.51. The fourth-order valence-corrected chi connectivity index (χ4v) is 3.03. The smallest absolute Gasteiger partial charge is 0.238 e. The number of hydrogen-bond donors (Lipinski definition) is 1. The summed E-state index contributed by atoms with van der Waals surface area (Å²) in [4.78, 5) is 14.2. The van der Waals surface area contributed by atoms with Crippen molar-refractivity contribution >= 4 is 11.6 Å². The van der Waals surface area contributed by atoms with Crippen molar-refractivity contribution in [1.82, 2.24) is 14.7 Å².